The lowest BCUT2D eigenvalue weighted by atomic mass is 9.92. The molecule has 0 aromatic carbocycles. The van der Waals surface area contributed by atoms with Gasteiger partial charge in [-0.05, 0) is 62.8 Å². The lowest BCUT2D eigenvalue weighted by molar-refractivity contribution is 0.990. The van der Waals surface area contributed by atoms with Crippen molar-refractivity contribution in [2.24, 2.45) is 0 Å². The Labute approximate surface area is 101 Å². The molecular weight excluding hydrogens is 192 g/mol. The van der Waals surface area contributed by atoms with Gasteiger partial charge in [0.05, 0.1) is 0 Å². The van der Waals surface area contributed by atoms with E-state index in [0.29, 0.717) is 0 Å². The maximum atomic E-state index is 2.24. The molecule has 0 aliphatic heterocycles. The van der Waals surface area contributed by atoms with Gasteiger partial charge >= 0.3 is 0 Å². The number of hydrogen-bond acceptors (Lipinski definition) is 0. The third-order valence-electron chi connectivity index (χ3n) is 2.86. The molecule has 0 atom stereocenters. The molecule has 0 heteroatoms. The zero-order chi connectivity index (χ0) is 12.6. The third-order valence-corrected chi connectivity index (χ3v) is 2.86. The molecule has 16 heavy (non-hydrogen) atoms. The minimum atomic E-state index is 1.11. The Hall–Kier alpha value is -1.04. The summed E-state index contributed by atoms with van der Waals surface area (Å²) in [5.74, 6) is 0. The molecule has 0 heterocycles. The van der Waals surface area contributed by atoms with Crippen LogP contribution in [0.2, 0.25) is 0 Å². The second-order valence-corrected chi connectivity index (χ2v) is 4.03. The Morgan fingerprint density at radius 3 is 1.25 bits per heavy atom. The zero-order valence-corrected chi connectivity index (χ0v) is 11.7. The molecule has 0 nitrogen and oxygen atoms in total. The fraction of sp³-hybridized carbons (Fsp3) is 0.500. The van der Waals surface area contributed by atoms with Crippen LogP contribution in [0.3, 0.4) is 0 Å². The average Bonchev–Trinajstić information content (AvgIpc) is 2.25. The highest BCUT2D eigenvalue weighted by atomic mass is 14.1. The number of rotatable bonds is 5. The maximum absolute atomic E-state index is 2.24. The van der Waals surface area contributed by atoms with Gasteiger partial charge in [0.15, 0.2) is 0 Å². The van der Waals surface area contributed by atoms with Crippen LogP contribution < -0.4 is 0 Å². The molecule has 0 rings (SSSR count). The van der Waals surface area contributed by atoms with Gasteiger partial charge in [-0.3, -0.25) is 0 Å². The molecule has 0 bridgehead atoms. The molecule has 0 radical (unpaired) electrons. The van der Waals surface area contributed by atoms with Gasteiger partial charge in [-0.25, -0.2) is 0 Å². The molecule has 0 spiro atoms. The van der Waals surface area contributed by atoms with Crippen molar-refractivity contribution < 1.29 is 0 Å². The predicted octanol–water partition coefficient (Wildman–Crippen LogP) is 5.59. The molecule has 0 amide bonds. The highest BCUT2D eigenvalue weighted by molar-refractivity contribution is 5.44. The van der Waals surface area contributed by atoms with Crippen LogP contribution in [0.1, 0.15) is 54.4 Å². The minimum absolute atomic E-state index is 1.11. The summed E-state index contributed by atoms with van der Waals surface area (Å²) < 4.78 is 0. The first kappa shape index (κ1) is 15.0. The monoisotopic (exact) mass is 218 g/mol. The highest BCUT2D eigenvalue weighted by Crippen LogP contribution is 2.25. The molecule has 0 aromatic heterocycles. The Kier molecular flexibility index (Phi) is 7.62. The summed E-state index contributed by atoms with van der Waals surface area (Å²) in [6.07, 6.45) is 10.9. The minimum Gasteiger partial charge on any atom is -0.0874 e. The van der Waals surface area contributed by atoms with Gasteiger partial charge in [-0.1, -0.05) is 38.2 Å². The second kappa shape index (κ2) is 8.15. The first-order valence-corrected chi connectivity index (χ1v) is 6.27. The normalized spacial score (nSPS) is 15.6. The lowest BCUT2D eigenvalue weighted by Crippen LogP contribution is -1.94. The van der Waals surface area contributed by atoms with Gasteiger partial charge in [-0.2, -0.15) is 0 Å². The van der Waals surface area contributed by atoms with Crippen molar-refractivity contribution in [3.63, 3.8) is 0 Å². The fourth-order valence-electron chi connectivity index (χ4n) is 2.16. The van der Waals surface area contributed by atoms with Crippen LogP contribution in [0.4, 0.5) is 0 Å². The van der Waals surface area contributed by atoms with Crippen LogP contribution in [0.25, 0.3) is 0 Å². The smallest absolute Gasteiger partial charge is 0.0302 e. The summed E-state index contributed by atoms with van der Waals surface area (Å²) in [6, 6.07) is 0. The molecule has 0 saturated carbocycles. The van der Waals surface area contributed by atoms with Crippen molar-refractivity contribution in [2.75, 3.05) is 0 Å². The summed E-state index contributed by atoms with van der Waals surface area (Å²) in [4.78, 5) is 0. The van der Waals surface area contributed by atoms with Gasteiger partial charge in [0, 0.05) is 0 Å². The standard InChI is InChI=1S/C16H26/c1-7-11-13(5)15(9-3)16(10-4)14(6)12-8-2/h7-8,11-12H,9-10H2,1-6H3/b11-7-,12-8-,15-13+,16-14+. The Morgan fingerprint density at radius 1 is 0.750 bits per heavy atom. The van der Waals surface area contributed by atoms with E-state index in [1.807, 2.05) is 0 Å². The second-order valence-electron chi connectivity index (χ2n) is 4.03. The van der Waals surface area contributed by atoms with Crippen LogP contribution in [0.5, 0.6) is 0 Å². The van der Waals surface area contributed by atoms with Crippen molar-refractivity contribution in [2.45, 2.75) is 54.4 Å². The predicted molar refractivity (Wildman–Crippen MR) is 75.6 cm³/mol. The van der Waals surface area contributed by atoms with Gasteiger partial charge in [0.2, 0.25) is 0 Å². The van der Waals surface area contributed by atoms with E-state index in [1.54, 1.807) is 0 Å². The molecular formula is C16H26. The van der Waals surface area contributed by atoms with E-state index in [0.717, 1.165) is 12.8 Å². The van der Waals surface area contributed by atoms with E-state index in [-0.39, 0.29) is 0 Å². The van der Waals surface area contributed by atoms with Gasteiger partial charge < -0.3 is 0 Å². The van der Waals surface area contributed by atoms with Crippen LogP contribution in [0, 0.1) is 0 Å². The highest BCUT2D eigenvalue weighted by Gasteiger charge is 2.06. The van der Waals surface area contributed by atoms with Gasteiger partial charge in [0.25, 0.3) is 0 Å². The van der Waals surface area contributed by atoms with E-state index in [1.165, 1.54) is 22.3 Å². The van der Waals surface area contributed by atoms with Crippen LogP contribution in [-0.2, 0) is 0 Å². The lowest BCUT2D eigenvalue weighted by Gasteiger charge is -2.14. The maximum Gasteiger partial charge on any atom is -0.0302 e. The average molecular weight is 218 g/mol. The van der Waals surface area contributed by atoms with E-state index in [2.05, 4.69) is 65.8 Å². The summed E-state index contributed by atoms with van der Waals surface area (Å²) >= 11 is 0. The molecule has 0 N–H and O–H groups in total. The third kappa shape index (κ3) is 4.22. The Bertz CT molecular complexity index is 288. The molecule has 0 unspecified atom stereocenters. The fourth-order valence-corrected chi connectivity index (χ4v) is 2.16. The number of allylic oxidation sites excluding steroid dienone is 8. The SMILES string of the molecule is C\C=C/C(C)=C(CC)/C(CC)=C(C)/C=C\C. The molecule has 0 fully saturated rings. The first-order chi connectivity index (χ1) is 7.62. The first-order valence-electron chi connectivity index (χ1n) is 6.27. The largest absolute Gasteiger partial charge is 0.0874 e. The zero-order valence-electron chi connectivity index (χ0n) is 11.7. The van der Waals surface area contributed by atoms with Gasteiger partial charge in [-0.15, -0.1) is 0 Å². The molecule has 0 saturated heterocycles. The summed E-state index contributed by atoms with van der Waals surface area (Å²) in [6.45, 7) is 13.0. The molecule has 90 valence electrons. The summed E-state index contributed by atoms with van der Waals surface area (Å²) in [7, 11) is 0. The van der Waals surface area contributed by atoms with Crippen molar-refractivity contribution in [1.29, 1.82) is 0 Å². The van der Waals surface area contributed by atoms with E-state index >= 15 is 0 Å². The molecule has 0 aromatic rings. The van der Waals surface area contributed by atoms with E-state index in [9.17, 15) is 0 Å². The Morgan fingerprint density at radius 2 is 1.06 bits per heavy atom. The van der Waals surface area contributed by atoms with Crippen LogP contribution in [0.15, 0.2) is 46.6 Å². The number of hydrogen-bond donors (Lipinski definition) is 0. The van der Waals surface area contributed by atoms with E-state index in [4.69, 9.17) is 0 Å². The van der Waals surface area contributed by atoms with Crippen LogP contribution in [-0.4, -0.2) is 0 Å². The molecule has 0 aliphatic rings. The van der Waals surface area contributed by atoms with Crippen LogP contribution >= 0.6 is 0 Å². The van der Waals surface area contributed by atoms with Gasteiger partial charge in [0.1, 0.15) is 0 Å². The van der Waals surface area contributed by atoms with Crippen molar-refractivity contribution in [3.05, 3.63) is 46.6 Å². The van der Waals surface area contributed by atoms with Crippen molar-refractivity contribution in [3.8, 4) is 0 Å². The van der Waals surface area contributed by atoms with Crippen molar-refractivity contribution in [1.82, 2.24) is 0 Å². The topological polar surface area (TPSA) is 0 Å². The van der Waals surface area contributed by atoms with E-state index < -0.39 is 0 Å². The summed E-state index contributed by atoms with van der Waals surface area (Å²) in [5, 5.41) is 0. The molecule has 0 aliphatic carbocycles. The Balaban J connectivity index is 5.52. The van der Waals surface area contributed by atoms with Crippen molar-refractivity contribution >= 4 is 0 Å². The quantitative estimate of drug-likeness (QED) is 0.527. The summed E-state index contributed by atoms with van der Waals surface area (Å²) in [5.41, 5.74) is 5.78.